The Morgan fingerprint density at radius 1 is 0.327 bits per heavy atom. The predicted octanol–water partition coefficient (Wildman–Crippen LogP) is 12.7. The Kier molecular flexibility index (Phi) is 6.97. The van der Waals surface area contributed by atoms with E-state index in [-0.39, 0.29) is 5.63 Å². The van der Waals surface area contributed by atoms with E-state index in [0.717, 1.165) is 72.0 Å². The minimum absolute atomic E-state index is 0.341. The fourth-order valence-electron chi connectivity index (χ4n) is 7.69. The van der Waals surface area contributed by atoms with Crippen LogP contribution in [0.15, 0.2) is 197 Å². The smallest absolute Gasteiger partial charge is 0.344 e. The van der Waals surface area contributed by atoms with E-state index in [4.69, 9.17) is 4.42 Å². The standard InChI is InChI=1S/C49H31NO2/c51-49-45-30-34(35-22-25-47-44(29-35)42-18-10-11-19-46(42)50(47)40-16-8-3-9-17-40)20-23-41(45)43-24-21-36(31-48(43)52-49)39-27-37(32-12-4-1-5-13-32)26-38(28-39)33-14-6-2-7-15-33/h1-31H. The quantitative estimate of drug-likeness (QED) is 0.135. The number of nitrogens with zero attached hydrogens (tertiary/aromatic N) is 1. The summed E-state index contributed by atoms with van der Waals surface area (Å²) in [6, 6.07) is 65.4. The van der Waals surface area contributed by atoms with Crippen LogP contribution in [0.2, 0.25) is 0 Å². The summed E-state index contributed by atoms with van der Waals surface area (Å²) < 4.78 is 8.39. The fraction of sp³-hybridized carbons (Fsp3) is 0. The molecule has 10 rings (SSSR count). The molecule has 2 aromatic heterocycles. The largest absolute Gasteiger partial charge is 0.422 e. The van der Waals surface area contributed by atoms with E-state index >= 15 is 0 Å². The molecule has 0 atom stereocenters. The van der Waals surface area contributed by atoms with Crippen molar-refractivity contribution in [1.29, 1.82) is 0 Å². The third-order valence-corrected chi connectivity index (χ3v) is 10.2. The van der Waals surface area contributed by atoms with Gasteiger partial charge in [-0.25, -0.2) is 4.79 Å². The number of benzene rings is 8. The summed E-state index contributed by atoms with van der Waals surface area (Å²) in [6.07, 6.45) is 0. The molecule has 0 radical (unpaired) electrons. The van der Waals surface area contributed by atoms with E-state index in [9.17, 15) is 4.79 Å². The summed E-state index contributed by atoms with van der Waals surface area (Å²) in [5, 5.41) is 4.72. The molecule has 10 aromatic rings. The van der Waals surface area contributed by atoms with Crippen molar-refractivity contribution in [2.24, 2.45) is 0 Å². The molecule has 0 bridgehead atoms. The first-order valence-corrected chi connectivity index (χ1v) is 17.5. The molecule has 244 valence electrons. The van der Waals surface area contributed by atoms with Gasteiger partial charge in [0.05, 0.1) is 16.4 Å². The number of aromatic nitrogens is 1. The van der Waals surface area contributed by atoms with Crippen LogP contribution in [-0.2, 0) is 0 Å². The maximum Gasteiger partial charge on any atom is 0.344 e. The molecule has 0 aliphatic heterocycles. The molecule has 0 saturated heterocycles. The molecular formula is C49H31NO2. The van der Waals surface area contributed by atoms with Gasteiger partial charge in [0.1, 0.15) is 5.58 Å². The fourth-order valence-corrected chi connectivity index (χ4v) is 7.69. The monoisotopic (exact) mass is 665 g/mol. The average molecular weight is 666 g/mol. The SMILES string of the molecule is O=c1oc2cc(-c3cc(-c4ccccc4)cc(-c4ccccc4)c3)ccc2c2ccc(-c3ccc4c(c3)c3ccccc3n4-c3ccccc3)cc12. The van der Waals surface area contributed by atoms with Crippen LogP contribution in [0.1, 0.15) is 0 Å². The van der Waals surface area contributed by atoms with Crippen LogP contribution in [-0.4, -0.2) is 4.57 Å². The summed E-state index contributed by atoms with van der Waals surface area (Å²) in [7, 11) is 0. The molecule has 52 heavy (non-hydrogen) atoms. The Hall–Kier alpha value is -6.97. The van der Waals surface area contributed by atoms with E-state index < -0.39 is 0 Å². The third-order valence-electron chi connectivity index (χ3n) is 10.2. The number of hydrogen-bond donors (Lipinski definition) is 0. The predicted molar refractivity (Wildman–Crippen MR) is 216 cm³/mol. The topological polar surface area (TPSA) is 35.1 Å². The minimum Gasteiger partial charge on any atom is -0.422 e. The Morgan fingerprint density at radius 2 is 0.827 bits per heavy atom. The molecule has 0 saturated carbocycles. The van der Waals surface area contributed by atoms with Gasteiger partial charge in [-0.15, -0.1) is 0 Å². The maximum atomic E-state index is 13.7. The number of hydrogen-bond acceptors (Lipinski definition) is 2. The molecule has 3 nitrogen and oxygen atoms in total. The van der Waals surface area contributed by atoms with E-state index in [1.165, 1.54) is 10.8 Å². The second-order valence-corrected chi connectivity index (χ2v) is 13.3. The summed E-state index contributed by atoms with van der Waals surface area (Å²) in [5.74, 6) is 0. The molecule has 0 N–H and O–H groups in total. The van der Waals surface area contributed by atoms with Crippen molar-refractivity contribution in [3.8, 4) is 50.2 Å². The summed E-state index contributed by atoms with van der Waals surface area (Å²) >= 11 is 0. The van der Waals surface area contributed by atoms with Gasteiger partial charge in [-0.1, -0.05) is 121 Å². The number of rotatable bonds is 5. The highest BCUT2D eigenvalue weighted by molar-refractivity contribution is 6.11. The molecule has 3 heteroatoms. The normalized spacial score (nSPS) is 11.5. The minimum atomic E-state index is -0.341. The summed E-state index contributed by atoms with van der Waals surface area (Å²) in [6.45, 7) is 0. The summed E-state index contributed by atoms with van der Waals surface area (Å²) in [5.41, 5.74) is 12.3. The third kappa shape index (κ3) is 5.02. The Labute approximate surface area is 300 Å². The zero-order valence-corrected chi connectivity index (χ0v) is 28.2. The highest BCUT2D eigenvalue weighted by atomic mass is 16.4. The zero-order chi connectivity index (χ0) is 34.6. The lowest BCUT2D eigenvalue weighted by molar-refractivity contribution is 0.570. The van der Waals surface area contributed by atoms with Gasteiger partial charge < -0.3 is 8.98 Å². The molecule has 0 aliphatic rings. The maximum absolute atomic E-state index is 13.7. The molecule has 2 heterocycles. The van der Waals surface area contributed by atoms with Crippen molar-refractivity contribution < 1.29 is 4.42 Å². The Morgan fingerprint density at radius 3 is 1.50 bits per heavy atom. The molecule has 0 spiro atoms. The average Bonchev–Trinajstić information content (AvgIpc) is 3.55. The van der Waals surface area contributed by atoms with Crippen LogP contribution in [0.4, 0.5) is 0 Å². The summed E-state index contributed by atoms with van der Waals surface area (Å²) in [4.78, 5) is 13.7. The highest BCUT2D eigenvalue weighted by Crippen LogP contribution is 2.38. The Bertz CT molecular complexity index is 2950. The number of para-hydroxylation sites is 2. The lowest BCUT2D eigenvalue weighted by Gasteiger charge is -2.12. The second-order valence-electron chi connectivity index (χ2n) is 13.3. The van der Waals surface area contributed by atoms with Crippen LogP contribution >= 0.6 is 0 Å². The van der Waals surface area contributed by atoms with Crippen LogP contribution < -0.4 is 5.63 Å². The van der Waals surface area contributed by atoms with Gasteiger partial charge in [0.2, 0.25) is 0 Å². The van der Waals surface area contributed by atoms with Gasteiger partial charge in [0.15, 0.2) is 0 Å². The molecule has 0 aliphatic carbocycles. The molecule has 8 aromatic carbocycles. The molecular weight excluding hydrogens is 635 g/mol. The number of fused-ring (bicyclic) bond motifs is 6. The van der Waals surface area contributed by atoms with Crippen molar-refractivity contribution in [2.45, 2.75) is 0 Å². The first kappa shape index (κ1) is 29.9. The van der Waals surface area contributed by atoms with Crippen LogP contribution in [0.25, 0.3) is 93.7 Å². The van der Waals surface area contributed by atoms with Crippen molar-refractivity contribution >= 4 is 43.5 Å². The van der Waals surface area contributed by atoms with Crippen LogP contribution in [0, 0.1) is 0 Å². The van der Waals surface area contributed by atoms with Gasteiger partial charge in [-0.2, -0.15) is 0 Å². The van der Waals surface area contributed by atoms with Gasteiger partial charge in [0.25, 0.3) is 0 Å². The van der Waals surface area contributed by atoms with E-state index in [1.807, 2.05) is 30.3 Å². The molecule has 0 fully saturated rings. The van der Waals surface area contributed by atoms with Gasteiger partial charge in [0, 0.05) is 21.8 Å². The van der Waals surface area contributed by atoms with Crippen molar-refractivity contribution in [1.82, 2.24) is 4.57 Å². The lowest BCUT2D eigenvalue weighted by atomic mass is 9.92. The Balaban J connectivity index is 1.08. The van der Waals surface area contributed by atoms with Crippen molar-refractivity contribution in [3.63, 3.8) is 0 Å². The van der Waals surface area contributed by atoms with E-state index in [0.29, 0.717) is 11.0 Å². The van der Waals surface area contributed by atoms with Crippen molar-refractivity contribution in [2.75, 3.05) is 0 Å². The van der Waals surface area contributed by atoms with Gasteiger partial charge >= 0.3 is 5.63 Å². The van der Waals surface area contributed by atoms with Crippen molar-refractivity contribution in [3.05, 3.63) is 198 Å². The molecule has 0 unspecified atom stereocenters. The zero-order valence-electron chi connectivity index (χ0n) is 28.2. The first-order valence-electron chi connectivity index (χ1n) is 17.5. The highest BCUT2D eigenvalue weighted by Gasteiger charge is 2.15. The van der Waals surface area contributed by atoms with Crippen LogP contribution in [0.3, 0.4) is 0 Å². The van der Waals surface area contributed by atoms with Crippen LogP contribution in [0.5, 0.6) is 0 Å². The van der Waals surface area contributed by atoms with Gasteiger partial charge in [-0.05, 0) is 117 Å². The van der Waals surface area contributed by atoms with Gasteiger partial charge in [-0.3, -0.25) is 0 Å². The lowest BCUT2D eigenvalue weighted by Crippen LogP contribution is -2.00. The molecule has 0 amide bonds. The van der Waals surface area contributed by atoms with E-state index in [2.05, 4.69) is 162 Å². The van der Waals surface area contributed by atoms with E-state index in [1.54, 1.807) is 0 Å². The second kappa shape index (κ2) is 12.1. The first-order chi connectivity index (χ1) is 25.7.